The molecule has 0 atom stereocenters. The number of benzene rings is 2. The average Bonchev–Trinajstić information content (AvgIpc) is 3.13. The highest BCUT2D eigenvalue weighted by atomic mass is 35.5. The molecule has 1 saturated heterocycles. The van der Waals surface area contributed by atoms with Crippen molar-refractivity contribution in [2.24, 2.45) is 5.92 Å². The number of fused-ring (bicyclic) bond motifs is 6. The molecule has 6 rings (SSSR count). The van der Waals surface area contributed by atoms with Crippen molar-refractivity contribution in [2.45, 2.75) is 44.5 Å². The number of likely N-dealkylation sites (tertiary alicyclic amines) is 1. The molecule has 2 aromatic carbocycles. The average molecular weight is 796 g/mol. The fraction of sp³-hybridized carbons (Fsp3) is 0.286. The van der Waals surface area contributed by atoms with Gasteiger partial charge in [-0.05, 0) is 85.2 Å². The molecule has 2 aromatic heterocycles. The number of piperidine rings is 1. The molecule has 2 aliphatic rings. The Labute approximate surface area is 313 Å². The smallest absolute Gasteiger partial charge is 0.475 e. The van der Waals surface area contributed by atoms with Gasteiger partial charge in [0.2, 0.25) is 11.9 Å². The monoisotopic (exact) mass is 795 g/mol. The van der Waals surface area contributed by atoms with E-state index < -0.39 is 24.3 Å². The van der Waals surface area contributed by atoms with Gasteiger partial charge in [0, 0.05) is 49.0 Å². The summed E-state index contributed by atoms with van der Waals surface area (Å²) in [6.07, 6.45) is -1.81. The third kappa shape index (κ3) is 12.8. The summed E-state index contributed by atoms with van der Waals surface area (Å²) < 4.78 is 63.5. The van der Waals surface area contributed by atoms with Crippen LogP contribution in [0, 0.1) is 5.92 Å². The first kappa shape index (κ1) is 41.8. The van der Waals surface area contributed by atoms with Gasteiger partial charge in [-0.15, -0.1) is 0 Å². The standard InChI is InChI=1S/C31H30ClN7O2.2C2HF3O2/c32-26-19-34-31-36-24-5-1-3-20(15-24)6-7-22-17-25(35-29(26)38-31)8-9-27(22)37-28(40)16-21-10-13-39(14-11-21)30(41)23-4-2-12-33-18-23;2*3-2(4,5)1(6)7/h1-5,8-9,12,15,17-19,21H,6-7,10-11,13-14,16H2,(H,37,40)(H2,34,35,36,38);2*(H,6,7). The number of carbonyl (C=O) groups excluding carboxylic acids is 2. The predicted octanol–water partition coefficient (Wildman–Crippen LogP) is 7.26. The third-order valence-electron chi connectivity index (χ3n) is 8.02. The van der Waals surface area contributed by atoms with Gasteiger partial charge >= 0.3 is 24.3 Å². The quantitative estimate of drug-likeness (QED) is 0.131. The van der Waals surface area contributed by atoms with Gasteiger partial charge in [0.05, 0.1) is 11.8 Å². The van der Waals surface area contributed by atoms with Gasteiger partial charge in [-0.3, -0.25) is 14.6 Å². The minimum atomic E-state index is -5.08. The number of hydrogen-bond acceptors (Lipinski definition) is 9. The van der Waals surface area contributed by atoms with E-state index in [9.17, 15) is 35.9 Å². The lowest BCUT2D eigenvalue weighted by Crippen LogP contribution is -2.39. The summed E-state index contributed by atoms with van der Waals surface area (Å²) in [5, 5.41) is 24.4. The minimum Gasteiger partial charge on any atom is -0.475 e. The molecular formula is C35H32ClF6N7O6. The summed E-state index contributed by atoms with van der Waals surface area (Å²) in [5.41, 5.74) is 5.28. The number of pyridine rings is 1. The summed E-state index contributed by atoms with van der Waals surface area (Å²) in [6.45, 7) is 1.27. The predicted molar refractivity (Wildman–Crippen MR) is 187 cm³/mol. The number of nitrogens with zero attached hydrogens (tertiary/aromatic N) is 4. The van der Waals surface area contributed by atoms with E-state index in [1.54, 1.807) is 30.7 Å². The van der Waals surface area contributed by atoms with Gasteiger partial charge in [0.15, 0.2) is 5.82 Å². The lowest BCUT2D eigenvalue weighted by molar-refractivity contribution is -0.193. The molecule has 4 heterocycles. The van der Waals surface area contributed by atoms with Crippen LogP contribution in [0.15, 0.2) is 73.2 Å². The summed E-state index contributed by atoms with van der Waals surface area (Å²) in [4.78, 5) is 58.4. The molecule has 0 spiro atoms. The van der Waals surface area contributed by atoms with E-state index in [2.05, 4.69) is 43.0 Å². The van der Waals surface area contributed by atoms with Crippen molar-refractivity contribution in [3.63, 3.8) is 0 Å². The number of anilines is 5. The molecule has 4 aromatic rings. The molecule has 20 heteroatoms. The van der Waals surface area contributed by atoms with Crippen molar-refractivity contribution >= 4 is 64.2 Å². The van der Waals surface area contributed by atoms with Gasteiger partial charge in [-0.1, -0.05) is 23.7 Å². The highest BCUT2D eigenvalue weighted by Gasteiger charge is 2.39. The fourth-order valence-corrected chi connectivity index (χ4v) is 5.48. The van der Waals surface area contributed by atoms with Gasteiger partial charge in [0.1, 0.15) is 5.02 Å². The molecule has 6 bridgehead atoms. The van der Waals surface area contributed by atoms with Crippen LogP contribution in [-0.2, 0) is 27.2 Å². The molecule has 2 aliphatic heterocycles. The van der Waals surface area contributed by atoms with E-state index in [4.69, 9.17) is 31.4 Å². The van der Waals surface area contributed by atoms with Crippen LogP contribution >= 0.6 is 11.6 Å². The number of carbonyl (C=O) groups is 4. The molecular weight excluding hydrogens is 764 g/mol. The van der Waals surface area contributed by atoms with Crippen LogP contribution in [0.5, 0.6) is 0 Å². The van der Waals surface area contributed by atoms with E-state index >= 15 is 0 Å². The Morgan fingerprint density at radius 3 is 2.13 bits per heavy atom. The molecule has 2 amide bonds. The number of carboxylic acids is 2. The van der Waals surface area contributed by atoms with Crippen LogP contribution in [0.3, 0.4) is 0 Å². The second kappa shape index (κ2) is 18.4. The normalized spacial score (nSPS) is 14.0. The Kier molecular flexibility index (Phi) is 14.0. The van der Waals surface area contributed by atoms with Gasteiger partial charge in [-0.25, -0.2) is 14.6 Å². The van der Waals surface area contributed by atoms with Crippen molar-refractivity contribution in [3.05, 3.63) is 94.9 Å². The zero-order valence-corrected chi connectivity index (χ0v) is 29.2. The molecule has 0 unspecified atom stereocenters. The van der Waals surface area contributed by atoms with Crippen molar-refractivity contribution < 1.29 is 55.7 Å². The summed E-state index contributed by atoms with van der Waals surface area (Å²) in [5.74, 6) is -4.37. The largest absolute Gasteiger partial charge is 0.490 e. The molecule has 292 valence electrons. The van der Waals surface area contributed by atoms with Gasteiger partial charge in [0.25, 0.3) is 5.91 Å². The van der Waals surface area contributed by atoms with Crippen LogP contribution in [0.4, 0.5) is 55.2 Å². The number of alkyl halides is 6. The number of halogens is 7. The number of hydrogen-bond donors (Lipinski definition) is 5. The maximum atomic E-state index is 13.2. The number of aromatic nitrogens is 3. The molecule has 0 radical (unpaired) electrons. The number of nitrogens with one attached hydrogen (secondary N) is 3. The van der Waals surface area contributed by atoms with E-state index in [1.807, 2.05) is 35.2 Å². The maximum absolute atomic E-state index is 13.2. The Hall–Kier alpha value is -5.98. The number of rotatable bonds is 4. The van der Waals surface area contributed by atoms with Crippen LogP contribution < -0.4 is 16.0 Å². The van der Waals surface area contributed by atoms with E-state index in [-0.39, 0.29) is 17.7 Å². The minimum absolute atomic E-state index is 0.00416. The lowest BCUT2D eigenvalue weighted by Gasteiger charge is -2.31. The molecule has 0 saturated carbocycles. The molecule has 13 nitrogen and oxygen atoms in total. The molecule has 1 fully saturated rings. The number of amides is 2. The molecule has 0 aliphatic carbocycles. The second-order valence-corrected chi connectivity index (χ2v) is 12.5. The maximum Gasteiger partial charge on any atom is 0.490 e. The first-order chi connectivity index (χ1) is 25.9. The topological polar surface area (TPSA) is 187 Å². The van der Waals surface area contributed by atoms with Crippen LogP contribution in [-0.4, -0.2) is 79.3 Å². The second-order valence-electron chi connectivity index (χ2n) is 12.0. The zero-order valence-electron chi connectivity index (χ0n) is 28.4. The van der Waals surface area contributed by atoms with Gasteiger partial charge < -0.3 is 31.1 Å². The van der Waals surface area contributed by atoms with Gasteiger partial charge in [-0.2, -0.15) is 31.3 Å². The van der Waals surface area contributed by atoms with E-state index in [0.717, 1.165) is 53.9 Å². The van der Waals surface area contributed by atoms with E-state index in [0.29, 0.717) is 41.9 Å². The van der Waals surface area contributed by atoms with Crippen LogP contribution in [0.25, 0.3) is 0 Å². The number of carboxylic acid groups (broad SMARTS) is 2. The fourth-order valence-electron chi connectivity index (χ4n) is 5.34. The summed E-state index contributed by atoms with van der Waals surface area (Å²) >= 11 is 6.39. The highest BCUT2D eigenvalue weighted by molar-refractivity contribution is 6.32. The van der Waals surface area contributed by atoms with Crippen LogP contribution in [0.2, 0.25) is 5.02 Å². The molecule has 55 heavy (non-hydrogen) atoms. The highest BCUT2D eigenvalue weighted by Crippen LogP contribution is 2.30. The number of aliphatic carboxylic acids is 2. The zero-order chi connectivity index (χ0) is 40.3. The SMILES string of the molecule is O=C(CC1CCN(C(=O)c2cccnc2)CC1)Nc1ccc2cc1CCc1cccc(c1)Nc1ncc(Cl)c(n1)N2.O=C(O)C(F)(F)F.O=C(O)C(F)(F)F. The number of aryl methyl sites for hydroxylation is 2. The Morgan fingerprint density at radius 2 is 1.51 bits per heavy atom. The van der Waals surface area contributed by atoms with Crippen molar-refractivity contribution in [3.8, 4) is 0 Å². The summed E-state index contributed by atoms with van der Waals surface area (Å²) in [7, 11) is 0. The third-order valence-corrected chi connectivity index (χ3v) is 8.30. The lowest BCUT2D eigenvalue weighted by atomic mass is 9.92. The Morgan fingerprint density at radius 1 is 0.855 bits per heavy atom. The van der Waals surface area contributed by atoms with Crippen molar-refractivity contribution in [1.82, 2.24) is 19.9 Å². The molecule has 5 N–H and O–H groups in total. The first-order valence-electron chi connectivity index (χ1n) is 16.3. The Bertz CT molecular complexity index is 1970. The Balaban J connectivity index is 0.000000410. The van der Waals surface area contributed by atoms with Crippen LogP contribution in [0.1, 0.15) is 40.7 Å². The van der Waals surface area contributed by atoms with Crippen molar-refractivity contribution in [2.75, 3.05) is 29.0 Å². The first-order valence-corrected chi connectivity index (χ1v) is 16.6. The van der Waals surface area contributed by atoms with E-state index in [1.165, 1.54) is 0 Å². The summed E-state index contributed by atoms with van der Waals surface area (Å²) in [6, 6.07) is 17.6. The van der Waals surface area contributed by atoms with Crippen molar-refractivity contribution in [1.29, 1.82) is 0 Å².